The molecule has 11 heteroatoms. The SMILES string of the molecule is CC[C@@](O)(c1cc(F)c2c(c1)C(=O)N([C@@H](CC(=O)O)c1ccc(Cl)cc1)[C@@]2(OC)c1ccc(Cl)cc1)C1(F)CCOCC1. The van der Waals surface area contributed by atoms with E-state index >= 15 is 8.78 Å². The predicted octanol–water partition coefficient (Wildman–Crippen LogP) is 6.77. The van der Waals surface area contributed by atoms with Gasteiger partial charge in [-0.15, -0.1) is 0 Å². The van der Waals surface area contributed by atoms with Crippen LogP contribution in [0.2, 0.25) is 10.0 Å². The number of carbonyl (C=O) groups is 2. The second-order valence-corrected chi connectivity index (χ2v) is 11.7. The van der Waals surface area contributed by atoms with Gasteiger partial charge in [0.05, 0.1) is 23.6 Å². The maximum atomic E-state index is 16.6. The molecule has 5 rings (SSSR count). The Bertz CT molecular complexity index is 1530. The van der Waals surface area contributed by atoms with Crippen LogP contribution < -0.4 is 0 Å². The smallest absolute Gasteiger partial charge is 0.305 e. The number of benzene rings is 3. The van der Waals surface area contributed by atoms with Crippen LogP contribution in [0.15, 0.2) is 60.7 Å². The number of halogens is 4. The van der Waals surface area contributed by atoms with E-state index in [1.165, 1.54) is 18.1 Å². The van der Waals surface area contributed by atoms with Gasteiger partial charge in [-0.2, -0.15) is 0 Å². The third-order valence-corrected chi connectivity index (χ3v) is 9.20. The van der Waals surface area contributed by atoms with Crippen molar-refractivity contribution in [3.63, 3.8) is 0 Å². The lowest BCUT2D eigenvalue weighted by Crippen LogP contribution is -2.51. The first-order chi connectivity index (χ1) is 20.4. The summed E-state index contributed by atoms with van der Waals surface area (Å²) in [5, 5.41) is 22.5. The predicted molar refractivity (Wildman–Crippen MR) is 156 cm³/mol. The molecule has 7 nitrogen and oxygen atoms in total. The molecule has 0 unspecified atom stereocenters. The number of carboxylic acids is 1. The molecule has 2 aliphatic rings. The summed E-state index contributed by atoms with van der Waals surface area (Å²) >= 11 is 12.3. The Morgan fingerprint density at radius 3 is 2.21 bits per heavy atom. The molecule has 0 spiro atoms. The van der Waals surface area contributed by atoms with Gasteiger partial charge in [0.2, 0.25) is 0 Å². The van der Waals surface area contributed by atoms with Crippen molar-refractivity contribution in [2.24, 2.45) is 0 Å². The summed E-state index contributed by atoms with van der Waals surface area (Å²) in [5.41, 5.74) is -5.96. The van der Waals surface area contributed by atoms with Crippen molar-refractivity contribution < 1.29 is 38.1 Å². The first-order valence-corrected chi connectivity index (χ1v) is 14.6. The minimum atomic E-state index is -2.13. The zero-order chi connectivity index (χ0) is 31.2. The van der Waals surface area contributed by atoms with Crippen molar-refractivity contribution in [1.29, 1.82) is 0 Å². The summed E-state index contributed by atoms with van der Waals surface area (Å²) in [6.07, 6.45) is -0.875. The second-order valence-electron chi connectivity index (χ2n) is 10.9. The second kappa shape index (κ2) is 11.8. The van der Waals surface area contributed by atoms with Crippen LogP contribution >= 0.6 is 23.2 Å². The summed E-state index contributed by atoms with van der Waals surface area (Å²) in [6.45, 7) is 1.76. The number of alkyl halides is 1. The number of amides is 1. The van der Waals surface area contributed by atoms with Crippen LogP contribution in [0.4, 0.5) is 8.78 Å². The lowest BCUT2D eigenvalue weighted by atomic mass is 9.72. The molecule has 2 heterocycles. The van der Waals surface area contributed by atoms with Gasteiger partial charge >= 0.3 is 5.97 Å². The number of fused-ring (bicyclic) bond motifs is 1. The Kier molecular flexibility index (Phi) is 8.59. The molecule has 1 amide bonds. The number of carboxylic acid groups (broad SMARTS) is 1. The van der Waals surface area contributed by atoms with Gasteiger partial charge in [-0.3, -0.25) is 14.5 Å². The summed E-state index contributed by atoms with van der Waals surface area (Å²) in [5.74, 6) is -2.90. The molecule has 0 bridgehead atoms. The fourth-order valence-corrected chi connectivity index (χ4v) is 6.74. The normalized spacial score (nSPS) is 21.7. The molecule has 3 atom stereocenters. The number of ether oxygens (including phenoxy) is 2. The Balaban J connectivity index is 1.78. The number of hydrogen-bond donors (Lipinski definition) is 2. The first-order valence-electron chi connectivity index (χ1n) is 13.9. The van der Waals surface area contributed by atoms with Gasteiger partial charge in [-0.1, -0.05) is 54.4 Å². The van der Waals surface area contributed by atoms with Crippen molar-refractivity contribution in [2.75, 3.05) is 20.3 Å². The van der Waals surface area contributed by atoms with E-state index in [1.54, 1.807) is 55.5 Å². The van der Waals surface area contributed by atoms with E-state index in [2.05, 4.69) is 0 Å². The fraction of sp³-hybridized carbons (Fsp3) is 0.375. The molecule has 0 saturated carbocycles. The molecular formula is C32H31Cl2F2NO6. The standard InChI is InChI=1S/C32H31Cl2F2NO6/c1-3-31(41,30(36)12-14-43-15-13-30)21-16-24-28(25(35)17-21)32(42-2,20-6-10-23(34)11-7-20)37(29(24)40)26(18-27(38)39)19-4-8-22(33)9-5-19/h4-11,16-17,26,41H,3,12-15,18H2,1-2H3,(H,38,39)/t26-,31+,32+/m0/s1. The molecule has 0 aromatic heterocycles. The summed E-state index contributed by atoms with van der Waals surface area (Å²) in [4.78, 5) is 27.9. The number of nitrogens with zero attached hydrogens (tertiary/aromatic N) is 1. The average molecular weight is 635 g/mol. The highest BCUT2D eigenvalue weighted by molar-refractivity contribution is 6.30. The van der Waals surface area contributed by atoms with E-state index in [9.17, 15) is 19.8 Å². The van der Waals surface area contributed by atoms with Crippen LogP contribution in [0.1, 0.15) is 71.3 Å². The van der Waals surface area contributed by atoms with Gasteiger partial charge < -0.3 is 19.7 Å². The molecule has 0 aliphatic carbocycles. The molecule has 3 aromatic rings. The van der Waals surface area contributed by atoms with E-state index in [0.717, 1.165) is 6.07 Å². The Morgan fingerprint density at radius 2 is 1.67 bits per heavy atom. The van der Waals surface area contributed by atoms with Crippen molar-refractivity contribution >= 4 is 35.1 Å². The van der Waals surface area contributed by atoms with E-state index in [0.29, 0.717) is 21.2 Å². The minimum Gasteiger partial charge on any atom is -0.481 e. The molecule has 2 aliphatic heterocycles. The van der Waals surface area contributed by atoms with Crippen molar-refractivity contribution in [3.8, 4) is 0 Å². The molecule has 0 radical (unpaired) electrons. The summed E-state index contributed by atoms with van der Waals surface area (Å²) in [6, 6.07) is 13.7. The molecular weight excluding hydrogens is 603 g/mol. The molecule has 1 fully saturated rings. The maximum absolute atomic E-state index is 16.6. The quantitative estimate of drug-likeness (QED) is 0.270. The largest absolute Gasteiger partial charge is 0.481 e. The highest BCUT2D eigenvalue weighted by atomic mass is 35.5. The number of hydrogen-bond acceptors (Lipinski definition) is 5. The average Bonchev–Trinajstić information content (AvgIpc) is 3.25. The van der Waals surface area contributed by atoms with Gasteiger partial charge in [0.25, 0.3) is 5.91 Å². The molecule has 43 heavy (non-hydrogen) atoms. The third-order valence-electron chi connectivity index (χ3n) is 8.70. The van der Waals surface area contributed by atoms with Crippen LogP contribution in [0.5, 0.6) is 0 Å². The lowest BCUT2D eigenvalue weighted by molar-refractivity contribution is -0.155. The highest BCUT2D eigenvalue weighted by Gasteiger charge is 2.58. The zero-order valence-electron chi connectivity index (χ0n) is 23.6. The van der Waals surface area contributed by atoms with Gasteiger partial charge in [-0.25, -0.2) is 8.78 Å². The molecule has 1 saturated heterocycles. The molecule has 3 aromatic carbocycles. The van der Waals surface area contributed by atoms with Gasteiger partial charge in [0.15, 0.2) is 5.72 Å². The van der Waals surface area contributed by atoms with Gasteiger partial charge in [0, 0.05) is 48.8 Å². The lowest BCUT2D eigenvalue weighted by Gasteiger charge is -2.44. The van der Waals surface area contributed by atoms with Crippen LogP contribution in [0.3, 0.4) is 0 Å². The number of carbonyl (C=O) groups excluding carboxylic acids is 1. The third kappa shape index (κ3) is 5.11. The van der Waals surface area contributed by atoms with Gasteiger partial charge in [0.1, 0.15) is 17.1 Å². The number of aliphatic hydroxyl groups is 1. The Morgan fingerprint density at radius 1 is 1.09 bits per heavy atom. The van der Waals surface area contributed by atoms with Crippen LogP contribution in [0.25, 0.3) is 0 Å². The van der Waals surface area contributed by atoms with Crippen LogP contribution in [-0.4, -0.2) is 53.0 Å². The van der Waals surface area contributed by atoms with Gasteiger partial charge in [-0.05, 0) is 53.9 Å². The van der Waals surface area contributed by atoms with E-state index in [1.807, 2.05) is 0 Å². The minimum absolute atomic E-state index is 0.0836. The van der Waals surface area contributed by atoms with E-state index in [4.69, 9.17) is 32.7 Å². The molecule has 2 N–H and O–H groups in total. The monoisotopic (exact) mass is 633 g/mol. The number of aliphatic carboxylic acids is 1. The fourth-order valence-electron chi connectivity index (χ4n) is 6.49. The number of rotatable bonds is 9. The zero-order valence-corrected chi connectivity index (χ0v) is 25.1. The highest BCUT2D eigenvalue weighted by Crippen LogP contribution is 2.53. The maximum Gasteiger partial charge on any atom is 0.305 e. The number of methoxy groups -OCH3 is 1. The first kappa shape index (κ1) is 31.3. The Hall–Kier alpha value is -3.08. The summed E-state index contributed by atoms with van der Waals surface area (Å²) in [7, 11) is 1.29. The van der Waals surface area contributed by atoms with Crippen molar-refractivity contribution in [3.05, 3.63) is 104 Å². The summed E-state index contributed by atoms with van der Waals surface area (Å²) < 4.78 is 44.3. The van der Waals surface area contributed by atoms with Crippen molar-refractivity contribution in [2.45, 2.75) is 55.6 Å². The topological polar surface area (TPSA) is 96.3 Å². The molecule has 228 valence electrons. The van der Waals surface area contributed by atoms with Crippen LogP contribution in [0, 0.1) is 5.82 Å². The Labute approximate surface area is 257 Å². The van der Waals surface area contributed by atoms with Crippen molar-refractivity contribution in [1.82, 2.24) is 4.90 Å². The van der Waals surface area contributed by atoms with Crippen LogP contribution in [-0.2, 0) is 25.6 Å². The van der Waals surface area contributed by atoms with E-state index in [-0.39, 0.29) is 49.2 Å². The van der Waals surface area contributed by atoms with E-state index < -0.39 is 47.2 Å².